The van der Waals surface area contributed by atoms with Crippen LogP contribution >= 0.6 is 0 Å². The molecule has 0 saturated carbocycles. The smallest absolute Gasteiger partial charge is 0.471 e. The van der Waals surface area contributed by atoms with Crippen LogP contribution in [0.3, 0.4) is 0 Å². The van der Waals surface area contributed by atoms with E-state index in [2.05, 4.69) is 0 Å². The van der Waals surface area contributed by atoms with E-state index < -0.39 is 36.9 Å². The monoisotopic (exact) mass is 227 g/mol. The van der Waals surface area contributed by atoms with Gasteiger partial charge in [-0.25, -0.2) is 0 Å². The van der Waals surface area contributed by atoms with Crippen LogP contribution in [-0.4, -0.2) is 46.9 Å². The fourth-order valence-electron chi connectivity index (χ4n) is 0.811. The third-order valence-corrected chi connectivity index (χ3v) is 1.27. The molecule has 0 rings (SSSR count). The van der Waals surface area contributed by atoms with Crippen molar-refractivity contribution in [2.24, 2.45) is 0 Å². The number of hydrogen-bond acceptors (Lipinski definition) is 3. The van der Waals surface area contributed by atoms with Crippen molar-refractivity contribution in [1.29, 1.82) is 0 Å². The topological polar surface area (TPSA) is 74.7 Å². The second-order valence-corrected chi connectivity index (χ2v) is 2.75. The number of amides is 1. The first-order chi connectivity index (χ1) is 6.64. The number of carboxylic acids is 1. The Bertz CT molecular complexity index is 270. The van der Waals surface area contributed by atoms with Crippen molar-refractivity contribution >= 4 is 17.7 Å². The van der Waals surface area contributed by atoms with Gasteiger partial charge in [-0.1, -0.05) is 0 Å². The number of Topliss-reactive ketones (excluding diaryl/α,β-unsaturated/α-hetero) is 1. The maximum absolute atomic E-state index is 11.9. The van der Waals surface area contributed by atoms with E-state index in [-0.39, 0.29) is 4.90 Å². The molecule has 0 aromatic carbocycles. The molecule has 0 aliphatic carbocycles. The van der Waals surface area contributed by atoms with E-state index in [1.165, 1.54) is 0 Å². The van der Waals surface area contributed by atoms with Crippen LogP contribution in [0.5, 0.6) is 0 Å². The highest BCUT2D eigenvalue weighted by Gasteiger charge is 2.43. The van der Waals surface area contributed by atoms with Gasteiger partial charge in [0.15, 0.2) is 0 Å². The fourth-order valence-corrected chi connectivity index (χ4v) is 0.811. The van der Waals surface area contributed by atoms with E-state index in [0.717, 1.165) is 6.92 Å². The maximum atomic E-state index is 11.9. The lowest BCUT2D eigenvalue weighted by Gasteiger charge is -2.20. The second-order valence-electron chi connectivity index (χ2n) is 2.75. The Balaban J connectivity index is 4.70. The van der Waals surface area contributed by atoms with Gasteiger partial charge in [-0.05, 0) is 6.92 Å². The molecule has 15 heavy (non-hydrogen) atoms. The Morgan fingerprint density at radius 2 is 1.67 bits per heavy atom. The zero-order valence-corrected chi connectivity index (χ0v) is 7.67. The summed E-state index contributed by atoms with van der Waals surface area (Å²) in [6.07, 6.45) is -5.18. The van der Waals surface area contributed by atoms with Crippen LogP contribution in [0.1, 0.15) is 6.92 Å². The maximum Gasteiger partial charge on any atom is 0.471 e. The number of nitrogens with zero attached hydrogens (tertiary/aromatic N) is 1. The van der Waals surface area contributed by atoms with E-state index >= 15 is 0 Å². The molecule has 0 saturated heterocycles. The minimum absolute atomic E-state index is 0.0648. The summed E-state index contributed by atoms with van der Waals surface area (Å²) >= 11 is 0. The van der Waals surface area contributed by atoms with Gasteiger partial charge in [0, 0.05) is 0 Å². The molecular weight excluding hydrogens is 219 g/mol. The summed E-state index contributed by atoms with van der Waals surface area (Å²) in [4.78, 5) is 31.2. The number of ketones is 1. The van der Waals surface area contributed by atoms with Crippen molar-refractivity contribution < 1.29 is 32.7 Å². The van der Waals surface area contributed by atoms with Crippen molar-refractivity contribution in [3.63, 3.8) is 0 Å². The van der Waals surface area contributed by atoms with Gasteiger partial charge in [-0.3, -0.25) is 14.4 Å². The molecule has 1 amide bonds. The number of rotatable bonds is 4. The normalized spacial score (nSPS) is 10.9. The van der Waals surface area contributed by atoms with Crippen LogP contribution in [0.15, 0.2) is 0 Å². The van der Waals surface area contributed by atoms with Crippen LogP contribution in [0.2, 0.25) is 0 Å². The number of aliphatic carboxylic acids is 1. The predicted octanol–water partition coefficient (Wildman–Crippen LogP) is 0.0509. The summed E-state index contributed by atoms with van der Waals surface area (Å²) in [5, 5.41) is 8.24. The lowest BCUT2D eigenvalue weighted by atomic mass is 10.3. The first kappa shape index (κ1) is 13.4. The molecule has 0 aromatic rings. The first-order valence-electron chi connectivity index (χ1n) is 3.72. The number of carboxylic acid groups (broad SMARTS) is 1. The molecule has 0 aliphatic rings. The van der Waals surface area contributed by atoms with Gasteiger partial charge < -0.3 is 10.0 Å². The Hall–Kier alpha value is -1.60. The summed E-state index contributed by atoms with van der Waals surface area (Å²) < 4.78 is 35.7. The highest BCUT2D eigenvalue weighted by atomic mass is 19.4. The van der Waals surface area contributed by atoms with E-state index in [4.69, 9.17) is 5.11 Å². The van der Waals surface area contributed by atoms with Gasteiger partial charge >= 0.3 is 18.1 Å². The lowest BCUT2D eigenvalue weighted by Crippen LogP contribution is -2.45. The number of hydrogen-bond donors (Lipinski definition) is 1. The number of alkyl halides is 3. The molecule has 0 spiro atoms. The molecule has 0 radical (unpaired) electrons. The number of carbonyl (C=O) groups excluding carboxylic acids is 2. The third kappa shape index (κ3) is 4.99. The largest absolute Gasteiger partial charge is 0.480 e. The summed E-state index contributed by atoms with van der Waals surface area (Å²) in [6.45, 7) is -1.07. The van der Waals surface area contributed by atoms with Gasteiger partial charge in [0.25, 0.3) is 0 Å². The zero-order valence-electron chi connectivity index (χ0n) is 7.67. The Morgan fingerprint density at radius 1 is 1.20 bits per heavy atom. The molecule has 1 N–H and O–H groups in total. The van der Waals surface area contributed by atoms with Crippen molar-refractivity contribution in [3.8, 4) is 0 Å². The summed E-state index contributed by atoms with van der Waals surface area (Å²) in [6, 6.07) is 0. The van der Waals surface area contributed by atoms with Gasteiger partial charge in [0.1, 0.15) is 12.3 Å². The third-order valence-electron chi connectivity index (χ3n) is 1.27. The molecule has 0 atom stereocenters. The van der Waals surface area contributed by atoms with Crippen molar-refractivity contribution in [2.45, 2.75) is 13.1 Å². The van der Waals surface area contributed by atoms with E-state index in [1.54, 1.807) is 0 Å². The van der Waals surface area contributed by atoms with Crippen LogP contribution in [0.4, 0.5) is 13.2 Å². The number of carbonyl (C=O) groups is 3. The van der Waals surface area contributed by atoms with Crippen molar-refractivity contribution in [3.05, 3.63) is 0 Å². The van der Waals surface area contributed by atoms with Gasteiger partial charge in [0.2, 0.25) is 0 Å². The highest BCUT2D eigenvalue weighted by molar-refractivity contribution is 5.89. The quantitative estimate of drug-likeness (QED) is 0.736. The highest BCUT2D eigenvalue weighted by Crippen LogP contribution is 2.18. The fraction of sp³-hybridized carbons (Fsp3) is 0.571. The van der Waals surface area contributed by atoms with Crippen molar-refractivity contribution in [1.82, 2.24) is 4.90 Å². The van der Waals surface area contributed by atoms with Crippen LogP contribution in [-0.2, 0) is 14.4 Å². The van der Waals surface area contributed by atoms with E-state index in [9.17, 15) is 27.6 Å². The molecule has 0 heterocycles. The molecular formula is C7H8F3NO4. The van der Waals surface area contributed by atoms with Crippen LogP contribution in [0.25, 0.3) is 0 Å². The van der Waals surface area contributed by atoms with Gasteiger partial charge in [-0.15, -0.1) is 0 Å². The minimum atomic E-state index is -5.18. The molecule has 86 valence electrons. The SMILES string of the molecule is CC(=O)CN(CC(=O)O)C(=O)C(F)(F)F. The van der Waals surface area contributed by atoms with Crippen molar-refractivity contribution in [2.75, 3.05) is 13.1 Å². The first-order valence-corrected chi connectivity index (χ1v) is 3.72. The van der Waals surface area contributed by atoms with E-state index in [0.29, 0.717) is 0 Å². The lowest BCUT2D eigenvalue weighted by molar-refractivity contribution is -0.186. The minimum Gasteiger partial charge on any atom is -0.480 e. The molecule has 8 heteroatoms. The predicted molar refractivity (Wildman–Crippen MR) is 41.0 cm³/mol. The summed E-state index contributed by atoms with van der Waals surface area (Å²) in [7, 11) is 0. The Kier molecular flexibility index (Phi) is 4.25. The molecule has 0 fully saturated rings. The summed E-state index contributed by atoms with van der Waals surface area (Å²) in [5.41, 5.74) is 0. The number of halogens is 3. The van der Waals surface area contributed by atoms with Gasteiger partial charge in [-0.2, -0.15) is 13.2 Å². The molecule has 0 bridgehead atoms. The molecule has 0 aliphatic heterocycles. The Morgan fingerprint density at radius 3 is 1.93 bits per heavy atom. The standard InChI is InChI=1S/C7H8F3NO4/c1-4(12)2-11(3-5(13)14)6(15)7(8,9)10/h2-3H2,1H3,(H,13,14). The molecule has 0 aromatic heterocycles. The average molecular weight is 227 g/mol. The Labute approximate surface area is 82.5 Å². The zero-order chi connectivity index (χ0) is 12.2. The summed E-state index contributed by atoms with van der Waals surface area (Å²) in [5.74, 6) is -4.68. The molecule has 5 nitrogen and oxygen atoms in total. The van der Waals surface area contributed by atoms with E-state index in [1.807, 2.05) is 0 Å². The van der Waals surface area contributed by atoms with Gasteiger partial charge in [0.05, 0.1) is 6.54 Å². The molecule has 0 unspecified atom stereocenters. The second kappa shape index (κ2) is 4.76. The van der Waals surface area contributed by atoms with Crippen LogP contribution < -0.4 is 0 Å². The average Bonchev–Trinajstić information content (AvgIpc) is 1.98. The van der Waals surface area contributed by atoms with Crippen LogP contribution in [0, 0.1) is 0 Å².